The van der Waals surface area contributed by atoms with Gasteiger partial charge >= 0.3 is 0 Å². The number of furan rings is 2. The fraction of sp³-hybridized carbons (Fsp3) is 0. The Hall–Kier alpha value is -8.15. The molecular weight excluding hydrogens is 735 g/mol. The summed E-state index contributed by atoms with van der Waals surface area (Å²) in [6, 6.07) is 68.1. The van der Waals surface area contributed by atoms with E-state index in [4.69, 9.17) is 18.8 Å². The van der Waals surface area contributed by atoms with Crippen molar-refractivity contribution in [3.63, 3.8) is 0 Å². The molecule has 9 aromatic carbocycles. The van der Waals surface area contributed by atoms with Gasteiger partial charge in [-0.15, -0.1) is 0 Å². The molecule has 0 radical (unpaired) electrons. The monoisotopic (exact) mass is 769 g/mol. The van der Waals surface area contributed by atoms with Gasteiger partial charge in [0.2, 0.25) is 0 Å². The van der Waals surface area contributed by atoms with Crippen LogP contribution in [0.5, 0.6) is 0 Å². The van der Waals surface area contributed by atoms with E-state index < -0.39 is 0 Å². The molecule has 0 atom stereocenters. The number of nitrogens with one attached hydrogen (secondary N) is 1. The van der Waals surface area contributed by atoms with Gasteiger partial charge in [0.25, 0.3) is 0 Å². The van der Waals surface area contributed by atoms with Gasteiger partial charge in [0.05, 0.1) is 0 Å². The third kappa shape index (κ3) is 6.26. The lowest BCUT2D eigenvalue weighted by molar-refractivity contribution is 0.668. The van der Waals surface area contributed by atoms with Crippen LogP contribution in [-0.4, -0.2) is 17.9 Å². The van der Waals surface area contributed by atoms with Crippen LogP contribution in [0.3, 0.4) is 0 Å². The van der Waals surface area contributed by atoms with Crippen LogP contribution in [0.1, 0.15) is 16.7 Å². The van der Waals surface area contributed by atoms with Crippen molar-refractivity contribution in [2.24, 2.45) is 9.98 Å². The second-order valence-electron chi connectivity index (χ2n) is 14.9. The average Bonchev–Trinajstić information content (AvgIpc) is 3.89. The quantitative estimate of drug-likeness (QED) is 0.135. The first kappa shape index (κ1) is 35.0. The Balaban J connectivity index is 1.00. The zero-order valence-corrected chi connectivity index (χ0v) is 32.3. The maximum atomic E-state index is 9.35. The summed E-state index contributed by atoms with van der Waals surface area (Å²) in [4.78, 5) is 9.91. The lowest BCUT2D eigenvalue weighted by Crippen LogP contribution is -2.05. The second kappa shape index (κ2) is 14.7. The normalized spacial score (nSPS) is 12.1. The minimum Gasteiger partial charge on any atom is -0.456 e. The highest BCUT2D eigenvalue weighted by molar-refractivity contribution is 6.18. The molecule has 0 saturated heterocycles. The van der Waals surface area contributed by atoms with Crippen molar-refractivity contribution < 1.29 is 8.83 Å². The van der Waals surface area contributed by atoms with Crippen LogP contribution in [0.25, 0.3) is 88.0 Å². The van der Waals surface area contributed by atoms with E-state index in [0.717, 1.165) is 99.2 Å². The smallest absolute Gasteiger partial charge is 0.161 e. The van der Waals surface area contributed by atoms with Crippen LogP contribution >= 0.6 is 0 Å². The van der Waals surface area contributed by atoms with Crippen molar-refractivity contribution in [3.8, 4) is 33.4 Å². The minimum absolute atomic E-state index is 0.112. The summed E-state index contributed by atoms with van der Waals surface area (Å²) >= 11 is 0. The van der Waals surface area contributed by atoms with Crippen molar-refractivity contribution in [1.29, 1.82) is 5.41 Å². The first-order valence-corrected chi connectivity index (χ1v) is 20.0. The number of hydrogen-bond donors (Lipinski definition) is 1. The molecule has 11 rings (SSSR count). The van der Waals surface area contributed by atoms with Crippen molar-refractivity contribution >= 4 is 72.5 Å². The number of fused-ring (bicyclic) bond motifs is 7. The molecule has 2 aromatic heterocycles. The predicted molar refractivity (Wildman–Crippen MR) is 249 cm³/mol. The van der Waals surface area contributed by atoms with Gasteiger partial charge in [-0.1, -0.05) is 158 Å². The van der Waals surface area contributed by atoms with Gasteiger partial charge in [0.1, 0.15) is 22.3 Å². The van der Waals surface area contributed by atoms with E-state index in [2.05, 4.69) is 109 Å². The van der Waals surface area contributed by atoms with Gasteiger partial charge in [-0.2, -0.15) is 0 Å². The molecule has 11 aromatic rings. The highest BCUT2D eigenvalue weighted by Gasteiger charge is 2.18. The zero-order valence-electron chi connectivity index (χ0n) is 32.3. The van der Waals surface area contributed by atoms with Crippen LogP contribution in [0.2, 0.25) is 0 Å². The Morgan fingerprint density at radius 2 is 1.12 bits per heavy atom. The molecule has 0 aliphatic rings. The lowest BCUT2D eigenvalue weighted by atomic mass is 9.89. The van der Waals surface area contributed by atoms with Crippen molar-refractivity contribution in [3.05, 3.63) is 217 Å². The Morgan fingerprint density at radius 3 is 1.95 bits per heavy atom. The van der Waals surface area contributed by atoms with Gasteiger partial charge in [0.15, 0.2) is 11.7 Å². The number of aliphatic imine (C=N–C) groups is 2. The topological polar surface area (TPSA) is 74.8 Å². The predicted octanol–water partition coefficient (Wildman–Crippen LogP) is 14.5. The maximum Gasteiger partial charge on any atom is 0.161 e. The van der Waals surface area contributed by atoms with E-state index in [9.17, 15) is 5.41 Å². The largest absolute Gasteiger partial charge is 0.456 e. The van der Waals surface area contributed by atoms with Crippen LogP contribution < -0.4 is 0 Å². The number of amidine groups is 2. The SMILES string of the molecule is N=C(N=C(N=Cc1cccc2c1oc1ccccc12)c1cccc(-c2ccccc2)c1)c1ccc2cc(-c3c(-c4ccccc4)ccc4oc5ccccc5c34)ccc2c1. The van der Waals surface area contributed by atoms with Gasteiger partial charge in [-0.25, -0.2) is 9.98 Å². The van der Waals surface area contributed by atoms with Crippen LogP contribution in [0.4, 0.5) is 0 Å². The first-order chi connectivity index (χ1) is 29.6. The van der Waals surface area contributed by atoms with E-state index in [1.165, 1.54) is 0 Å². The zero-order chi connectivity index (χ0) is 40.0. The summed E-state index contributed by atoms with van der Waals surface area (Å²) in [5.74, 6) is 0.538. The molecule has 282 valence electrons. The molecule has 0 amide bonds. The maximum absolute atomic E-state index is 9.35. The molecule has 2 heterocycles. The summed E-state index contributed by atoms with van der Waals surface area (Å²) in [5.41, 5.74) is 12.3. The third-order valence-electron chi connectivity index (χ3n) is 11.2. The van der Waals surface area contributed by atoms with Gasteiger partial charge < -0.3 is 8.83 Å². The van der Waals surface area contributed by atoms with E-state index in [-0.39, 0.29) is 5.84 Å². The number of hydrogen-bond acceptors (Lipinski definition) is 3. The molecule has 0 fully saturated rings. The first-order valence-electron chi connectivity index (χ1n) is 20.0. The van der Waals surface area contributed by atoms with Crippen LogP contribution in [0, 0.1) is 5.41 Å². The molecular formula is C55H35N3O2. The molecule has 5 nitrogen and oxygen atoms in total. The molecule has 0 unspecified atom stereocenters. The average molecular weight is 770 g/mol. The summed E-state index contributed by atoms with van der Waals surface area (Å²) in [6.45, 7) is 0. The van der Waals surface area contributed by atoms with Gasteiger partial charge in [-0.05, 0) is 81.1 Å². The molecule has 1 N–H and O–H groups in total. The Morgan fingerprint density at radius 1 is 0.450 bits per heavy atom. The Kier molecular flexibility index (Phi) is 8.56. The number of para-hydroxylation sites is 3. The highest BCUT2D eigenvalue weighted by atomic mass is 16.3. The van der Waals surface area contributed by atoms with Gasteiger partial charge in [-0.3, -0.25) is 5.41 Å². The molecule has 0 aliphatic carbocycles. The fourth-order valence-electron chi connectivity index (χ4n) is 8.33. The number of rotatable bonds is 6. The van der Waals surface area contributed by atoms with Crippen LogP contribution in [-0.2, 0) is 0 Å². The van der Waals surface area contributed by atoms with E-state index >= 15 is 0 Å². The van der Waals surface area contributed by atoms with Crippen LogP contribution in [0.15, 0.2) is 219 Å². The molecule has 0 bridgehead atoms. The summed E-state index contributed by atoms with van der Waals surface area (Å²) in [6.07, 6.45) is 1.79. The van der Waals surface area contributed by atoms with Crippen molar-refractivity contribution in [1.82, 2.24) is 0 Å². The van der Waals surface area contributed by atoms with Gasteiger partial charge in [0, 0.05) is 50.0 Å². The minimum atomic E-state index is 0.112. The summed E-state index contributed by atoms with van der Waals surface area (Å²) < 4.78 is 12.7. The Bertz CT molecular complexity index is 3500. The second-order valence-corrected chi connectivity index (χ2v) is 14.9. The van der Waals surface area contributed by atoms with E-state index in [1.54, 1.807) is 6.21 Å². The van der Waals surface area contributed by atoms with Crippen molar-refractivity contribution in [2.45, 2.75) is 0 Å². The third-order valence-corrected chi connectivity index (χ3v) is 11.2. The lowest BCUT2D eigenvalue weighted by Gasteiger charge is -2.13. The van der Waals surface area contributed by atoms with Crippen molar-refractivity contribution in [2.75, 3.05) is 0 Å². The molecule has 0 spiro atoms. The number of nitrogens with zero attached hydrogens (tertiary/aromatic N) is 2. The molecule has 5 heteroatoms. The summed E-state index contributed by atoms with van der Waals surface area (Å²) in [7, 11) is 0. The molecule has 0 saturated carbocycles. The Labute approximate surface area is 345 Å². The fourth-order valence-corrected chi connectivity index (χ4v) is 8.33. The summed E-state index contributed by atoms with van der Waals surface area (Å²) in [5, 5.41) is 15.7. The number of benzene rings is 9. The van der Waals surface area contributed by atoms with E-state index in [0.29, 0.717) is 11.4 Å². The van der Waals surface area contributed by atoms with E-state index in [1.807, 2.05) is 91.0 Å². The molecule has 0 aliphatic heterocycles. The standard InChI is InChI=1S/C55H35N3O2/c56-54(58-55(42-18-11-17-37(33-42)35-13-3-1-4-14-35)57-34-43-19-12-22-46-45-20-7-9-23-48(45)60-53(43)46)41-28-26-38-31-40(27-25-39(38)32-41)51-44(36-15-5-2-6-16-36)29-30-50-52(51)47-21-8-10-24-49(47)59-50/h1-34,56H. The highest BCUT2D eigenvalue weighted by Crippen LogP contribution is 2.43. The molecule has 60 heavy (non-hydrogen) atoms.